The summed E-state index contributed by atoms with van der Waals surface area (Å²) in [5, 5.41) is 8.71. The maximum absolute atomic E-state index is 12.4. The van der Waals surface area contributed by atoms with E-state index in [1.54, 1.807) is 0 Å². The molecule has 0 fully saturated rings. The van der Waals surface area contributed by atoms with Gasteiger partial charge in [0.25, 0.3) is 0 Å². The number of phenolic OH excluding ortho intramolecular Hbond substituents is 1. The summed E-state index contributed by atoms with van der Waals surface area (Å²) in [4.78, 5) is 0.299. The van der Waals surface area contributed by atoms with Gasteiger partial charge in [-0.2, -0.15) is 0 Å². The van der Waals surface area contributed by atoms with Gasteiger partial charge < -0.3 is 5.11 Å². The van der Waals surface area contributed by atoms with Crippen LogP contribution in [0.5, 0.6) is 5.75 Å². The average Bonchev–Trinajstić information content (AvgIpc) is 2.24. The molecular formula is C13H10F4OS. The topological polar surface area (TPSA) is 20.2 Å². The summed E-state index contributed by atoms with van der Waals surface area (Å²) in [6.07, 6.45) is 0. The molecule has 6 heteroatoms. The summed E-state index contributed by atoms with van der Waals surface area (Å²) < 4.78 is 49.0. The summed E-state index contributed by atoms with van der Waals surface area (Å²) in [6, 6.07) is 5.00. The van der Waals surface area contributed by atoms with Gasteiger partial charge in [0.2, 0.25) is 0 Å². The quantitative estimate of drug-likeness (QED) is 0.549. The second-order valence-electron chi connectivity index (χ2n) is 3.69. The molecule has 0 amide bonds. The van der Waals surface area contributed by atoms with Crippen LogP contribution in [0.1, 0.15) is 5.56 Å². The van der Waals surface area contributed by atoms with Gasteiger partial charge in [0.1, 0.15) is 17.4 Å². The lowest BCUT2D eigenvalue weighted by Gasteiger charge is -1.97. The van der Waals surface area contributed by atoms with E-state index in [9.17, 15) is 17.6 Å². The molecule has 0 saturated heterocycles. The Labute approximate surface area is 112 Å². The lowest BCUT2D eigenvalue weighted by atomic mass is 10.2. The Bertz CT molecular complexity index is 513. The first kappa shape index (κ1) is 15.4. The molecule has 0 saturated carbocycles. The molecule has 0 aliphatic carbocycles. The van der Waals surface area contributed by atoms with E-state index < -0.39 is 23.3 Å². The molecule has 0 heterocycles. The van der Waals surface area contributed by atoms with Crippen molar-refractivity contribution in [1.82, 2.24) is 0 Å². The standard InChI is InChI=1S/C7H6F2O.C6H4F2S/c1-4-2-5(10)3-6(8)7(4)9;7-4-1-5(8)3-6(9)2-4/h2-3,10H,1H3;1-3,9H. The first-order valence-corrected chi connectivity index (χ1v) is 5.54. The Morgan fingerprint density at radius 3 is 1.84 bits per heavy atom. The number of halogens is 4. The van der Waals surface area contributed by atoms with Crippen LogP contribution in [0, 0.1) is 30.2 Å². The van der Waals surface area contributed by atoms with Crippen LogP contribution < -0.4 is 0 Å². The molecule has 2 aromatic carbocycles. The molecule has 0 aromatic heterocycles. The van der Waals surface area contributed by atoms with Crippen LogP contribution in [0.2, 0.25) is 0 Å². The fourth-order valence-electron chi connectivity index (χ4n) is 1.25. The summed E-state index contributed by atoms with van der Waals surface area (Å²) in [6.45, 7) is 1.39. The molecule has 0 bridgehead atoms. The molecule has 102 valence electrons. The second-order valence-corrected chi connectivity index (χ2v) is 4.20. The molecule has 0 unspecified atom stereocenters. The molecule has 0 aliphatic rings. The summed E-state index contributed by atoms with van der Waals surface area (Å²) in [5.41, 5.74) is 0.109. The lowest BCUT2D eigenvalue weighted by molar-refractivity contribution is 0.452. The maximum atomic E-state index is 12.4. The number of rotatable bonds is 0. The Morgan fingerprint density at radius 2 is 1.42 bits per heavy atom. The highest BCUT2D eigenvalue weighted by Gasteiger charge is 2.05. The zero-order valence-electron chi connectivity index (χ0n) is 9.79. The van der Waals surface area contributed by atoms with Gasteiger partial charge in [-0.25, -0.2) is 17.6 Å². The van der Waals surface area contributed by atoms with Crippen molar-refractivity contribution >= 4 is 12.6 Å². The lowest BCUT2D eigenvalue weighted by Crippen LogP contribution is -1.86. The van der Waals surface area contributed by atoms with Gasteiger partial charge >= 0.3 is 0 Å². The van der Waals surface area contributed by atoms with Crippen molar-refractivity contribution in [2.75, 3.05) is 0 Å². The van der Waals surface area contributed by atoms with Gasteiger partial charge in [0.15, 0.2) is 11.6 Å². The Kier molecular flexibility index (Phi) is 5.23. The molecule has 2 aromatic rings. The molecular weight excluding hydrogens is 280 g/mol. The van der Waals surface area contributed by atoms with Crippen LogP contribution in [0.4, 0.5) is 17.6 Å². The number of benzene rings is 2. The van der Waals surface area contributed by atoms with Gasteiger partial charge in [-0.05, 0) is 30.7 Å². The molecule has 19 heavy (non-hydrogen) atoms. The van der Waals surface area contributed by atoms with Crippen LogP contribution in [-0.4, -0.2) is 5.11 Å². The van der Waals surface area contributed by atoms with Crippen molar-refractivity contribution < 1.29 is 22.7 Å². The first-order valence-electron chi connectivity index (χ1n) is 5.09. The minimum absolute atomic E-state index is 0.109. The third-order valence-electron chi connectivity index (χ3n) is 2.04. The maximum Gasteiger partial charge on any atom is 0.162 e. The molecule has 2 rings (SSSR count). The van der Waals surface area contributed by atoms with Crippen LogP contribution in [0.25, 0.3) is 0 Å². The zero-order valence-corrected chi connectivity index (χ0v) is 10.7. The normalized spacial score (nSPS) is 9.79. The van der Waals surface area contributed by atoms with Crippen LogP contribution in [0.15, 0.2) is 35.2 Å². The summed E-state index contributed by atoms with van der Waals surface area (Å²) in [7, 11) is 0. The highest BCUT2D eigenvalue weighted by atomic mass is 32.1. The fraction of sp³-hybridized carbons (Fsp3) is 0.0769. The molecule has 0 aliphatic heterocycles. The van der Waals surface area contributed by atoms with Crippen LogP contribution in [0.3, 0.4) is 0 Å². The zero-order chi connectivity index (χ0) is 14.6. The Morgan fingerprint density at radius 1 is 0.895 bits per heavy atom. The molecule has 0 radical (unpaired) electrons. The monoisotopic (exact) mass is 290 g/mol. The van der Waals surface area contributed by atoms with Gasteiger partial charge in [-0.3, -0.25) is 0 Å². The van der Waals surface area contributed by atoms with Gasteiger partial charge in [-0.1, -0.05) is 0 Å². The van der Waals surface area contributed by atoms with E-state index in [0.29, 0.717) is 4.90 Å². The van der Waals surface area contributed by atoms with Gasteiger partial charge in [0, 0.05) is 17.0 Å². The van der Waals surface area contributed by atoms with Crippen molar-refractivity contribution in [2.24, 2.45) is 0 Å². The second kappa shape index (κ2) is 6.47. The van der Waals surface area contributed by atoms with E-state index in [-0.39, 0.29) is 11.3 Å². The number of thiol groups is 1. The van der Waals surface area contributed by atoms with Crippen LogP contribution >= 0.6 is 12.6 Å². The first-order chi connectivity index (χ1) is 8.79. The number of aromatic hydroxyl groups is 1. The number of aryl methyl sites for hydroxylation is 1. The van der Waals surface area contributed by atoms with Gasteiger partial charge in [0.05, 0.1) is 0 Å². The minimum atomic E-state index is -1.02. The highest BCUT2D eigenvalue weighted by molar-refractivity contribution is 7.80. The van der Waals surface area contributed by atoms with E-state index in [2.05, 4.69) is 12.6 Å². The number of hydrogen-bond donors (Lipinski definition) is 2. The van der Waals surface area contributed by atoms with Crippen molar-refractivity contribution in [3.05, 3.63) is 59.2 Å². The van der Waals surface area contributed by atoms with Crippen LogP contribution in [-0.2, 0) is 0 Å². The van der Waals surface area contributed by atoms with E-state index >= 15 is 0 Å². The Hall–Kier alpha value is -1.69. The predicted octanol–water partition coefficient (Wildman–Crippen LogP) is 4.23. The SMILES string of the molecule is Cc1cc(O)cc(F)c1F.Fc1cc(F)cc(S)c1. The van der Waals surface area contributed by atoms with Crippen molar-refractivity contribution in [2.45, 2.75) is 11.8 Å². The molecule has 1 N–H and O–H groups in total. The molecule has 0 atom stereocenters. The number of phenols is 1. The largest absolute Gasteiger partial charge is 0.508 e. The Balaban J connectivity index is 0.000000191. The van der Waals surface area contributed by atoms with E-state index in [0.717, 1.165) is 24.3 Å². The fourth-order valence-corrected chi connectivity index (χ4v) is 1.49. The summed E-state index contributed by atoms with van der Waals surface area (Å²) >= 11 is 3.74. The predicted molar refractivity (Wildman–Crippen MR) is 66.4 cm³/mol. The summed E-state index contributed by atoms with van der Waals surface area (Å²) in [5.74, 6) is -3.37. The van der Waals surface area contributed by atoms with Crippen molar-refractivity contribution in [3.8, 4) is 5.75 Å². The van der Waals surface area contributed by atoms with E-state index in [1.165, 1.54) is 13.0 Å². The smallest absolute Gasteiger partial charge is 0.162 e. The highest BCUT2D eigenvalue weighted by Crippen LogP contribution is 2.17. The van der Waals surface area contributed by atoms with Crippen molar-refractivity contribution in [1.29, 1.82) is 0 Å². The van der Waals surface area contributed by atoms with E-state index in [4.69, 9.17) is 5.11 Å². The molecule has 0 spiro atoms. The molecule has 1 nitrogen and oxygen atoms in total. The van der Waals surface area contributed by atoms with Gasteiger partial charge in [-0.15, -0.1) is 12.6 Å². The third-order valence-corrected chi connectivity index (χ3v) is 2.30. The van der Waals surface area contributed by atoms with E-state index in [1.807, 2.05) is 0 Å². The van der Waals surface area contributed by atoms with Crippen molar-refractivity contribution in [3.63, 3.8) is 0 Å². The minimum Gasteiger partial charge on any atom is -0.508 e. The average molecular weight is 290 g/mol. The number of hydrogen-bond acceptors (Lipinski definition) is 2. The third kappa shape index (κ3) is 4.82.